The third-order valence-electron chi connectivity index (χ3n) is 6.50. The van der Waals surface area contributed by atoms with Crippen LogP contribution in [0.2, 0.25) is 0 Å². The number of anilines is 2. The van der Waals surface area contributed by atoms with Crippen LogP contribution >= 0.6 is 0 Å². The maximum atomic E-state index is 15.3. The van der Waals surface area contributed by atoms with Gasteiger partial charge in [-0.05, 0) is 56.9 Å². The number of aromatic nitrogens is 1. The molecule has 4 N–H and O–H groups in total. The lowest BCUT2D eigenvalue weighted by Crippen LogP contribution is -2.21. The smallest absolute Gasteiger partial charge is 0.341 e. The lowest BCUT2D eigenvalue weighted by molar-refractivity contribution is 0.0694. The monoisotopic (exact) mass is 525 g/mol. The largest absolute Gasteiger partial charge is 0.497 e. The first-order valence-corrected chi connectivity index (χ1v) is 12.3. The van der Waals surface area contributed by atoms with Crippen molar-refractivity contribution in [1.29, 1.82) is 0 Å². The Morgan fingerprint density at radius 2 is 2.05 bits per heavy atom. The summed E-state index contributed by atoms with van der Waals surface area (Å²) in [5, 5.41) is 12.4. The predicted molar refractivity (Wildman–Crippen MR) is 147 cm³/mol. The second-order valence-electron chi connectivity index (χ2n) is 9.26. The summed E-state index contributed by atoms with van der Waals surface area (Å²) in [6, 6.07) is 1.27. The highest BCUT2D eigenvalue weighted by Gasteiger charge is 2.22. The summed E-state index contributed by atoms with van der Waals surface area (Å²) in [6.07, 6.45) is 13.1. The normalized spacial score (nSPS) is 14.9. The lowest BCUT2D eigenvalue weighted by Gasteiger charge is -2.21. The van der Waals surface area contributed by atoms with Crippen LogP contribution in [0.4, 0.5) is 20.2 Å². The maximum Gasteiger partial charge on any atom is 0.341 e. The minimum absolute atomic E-state index is 0.0566. The molecular formula is C29H33F2N3O4. The van der Waals surface area contributed by atoms with E-state index in [1.807, 2.05) is 26.0 Å². The maximum absolute atomic E-state index is 15.3. The molecule has 1 aliphatic carbocycles. The quantitative estimate of drug-likeness (QED) is 0.181. The minimum Gasteiger partial charge on any atom is -0.497 e. The number of nitrogens with one attached hydrogen (secondary N) is 1. The molecule has 0 radical (unpaired) electrons. The van der Waals surface area contributed by atoms with E-state index in [9.17, 15) is 19.1 Å². The van der Waals surface area contributed by atoms with Gasteiger partial charge in [0.1, 0.15) is 17.1 Å². The Kier molecular flexibility index (Phi) is 9.28. The van der Waals surface area contributed by atoms with E-state index in [-0.39, 0.29) is 28.9 Å². The summed E-state index contributed by atoms with van der Waals surface area (Å²) >= 11 is 0. The van der Waals surface area contributed by atoms with Gasteiger partial charge in [-0.3, -0.25) is 4.79 Å². The van der Waals surface area contributed by atoms with Crippen molar-refractivity contribution >= 4 is 28.2 Å². The molecule has 0 saturated carbocycles. The van der Waals surface area contributed by atoms with Crippen molar-refractivity contribution in [2.24, 2.45) is 5.92 Å². The van der Waals surface area contributed by atoms with Gasteiger partial charge < -0.3 is 25.5 Å². The Morgan fingerprint density at radius 3 is 2.63 bits per heavy atom. The Bertz CT molecular complexity index is 1420. The van der Waals surface area contributed by atoms with Gasteiger partial charge in [-0.15, -0.1) is 0 Å². The van der Waals surface area contributed by atoms with Crippen molar-refractivity contribution in [2.45, 2.75) is 39.2 Å². The molecule has 0 fully saturated rings. The predicted octanol–water partition coefficient (Wildman–Crippen LogP) is 6.27. The molecule has 1 aliphatic rings. The van der Waals surface area contributed by atoms with Gasteiger partial charge in [-0.25, -0.2) is 13.6 Å². The summed E-state index contributed by atoms with van der Waals surface area (Å²) in [7, 11) is 1.55. The number of hydrogen-bond donors (Lipinski definition) is 3. The van der Waals surface area contributed by atoms with Crippen LogP contribution in [0.1, 0.15) is 49.5 Å². The number of carboxylic acids is 1. The minimum atomic E-state index is -1.40. The van der Waals surface area contributed by atoms with Gasteiger partial charge in [0, 0.05) is 25.2 Å². The lowest BCUT2D eigenvalue weighted by atomic mass is 9.88. The number of hydrogen-bond acceptors (Lipinski definition) is 5. The van der Waals surface area contributed by atoms with Crippen molar-refractivity contribution in [3.63, 3.8) is 0 Å². The molecule has 0 aliphatic heterocycles. The van der Waals surface area contributed by atoms with E-state index in [2.05, 4.69) is 11.9 Å². The van der Waals surface area contributed by atoms with Gasteiger partial charge in [0.05, 0.1) is 29.4 Å². The number of halogens is 2. The van der Waals surface area contributed by atoms with Crippen LogP contribution < -0.4 is 16.5 Å². The third-order valence-corrected chi connectivity index (χ3v) is 6.50. The number of methoxy groups -OCH3 is 1. The van der Waals surface area contributed by atoms with E-state index in [0.29, 0.717) is 37.1 Å². The van der Waals surface area contributed by atoms with Crippen molar-refractivity contribution in [3.05, 3.63) is 94.1 Å². The number of nitrogens with two attached hydrogens (primary N) is 1. The Balaban J connectivity index is 1.93. The summed E-state index contributed by atoms with van der Waals surface area (Å²) in [4.78, 5) is 24.4. The van der Waals surface area contributed by atoms with Gasteiger partial charge in [-0.1, -0.05) is 30.4 Å². The third kappa shape index (κ3) is 6.22. The van der Waals surface area contributed by atoms with E-state index in [1.54, 1.807) is 29.9 Å². The fourth-order valence-corrected chi connectivity index (χ4v) is 4.43. The van der Waals surface area contributed by atoms with Crippen LogP contribution in [-0.4, -0.2) is 29.3 Å². The number of ether oxygens (including phenoxy) is 1. The number of carboxylic acid groups (broad SMARTS) is 1. The highest BCUT2D eigenvalue weighted by molar-refractivity contribution is 5.99. The number of carbonyl (C=O) groups is 1. The molecule has 0 bridgehead atoms. The van der Waals surface area contributed by atoms with Gasteiger partial charge in [0.15, 0.2) is 5.82 Å². The zero-order valence-electron chi connectivity index (χ0n) is 21.8. The van der Waals surface area contributed by atoms with E-state index >= 15 is 4.39 Å². The Morgan fingerprint density at radius 1 is 1.32 bits per heavy atom. The molecule has 1 aromatic carbocycles. The average Bonchev–Trinajstić information content (AvgIpc) is 2.88. The molecule has 3 rings (SSSR count). The number of pyridine rings is 1. The molecular weight excluding hydrogens is 492 g/mol. The molecule has 1 heterocycles. The number of aromatic carboxylic acids is 1. The standard InChI is InChI=1S/C29H33F2N3O4/c1-5-21(38-4)8-6-7-18(19-9-11-20(30)12-10-19)13-14-33-23-15-24-25(27(32)26(23)31)28(35)22(29(36)37)16-34(24)17(2)3/h5-9,11,15-18,33H,1,10,12-14,32H2,2-4H3,(H,36,37). The van der Waals surface area contributed by atoms with Crippen LogP contribution in [0.3, 0.4) is 0 Å². The summed E-state index contributed by atoms with van der Waals surface area (Å²) < 4.78 is 35.6. The molecule has 7 nitrogen and oxygen atoms in total. The molecule has 202 valence electrons. The van der Waals surface area contributed by atoms with Crippen molar-refractivity contribution in [1.82, 2.24) is 4.57 Å². The van der Waals surface area contributed by atoms with Crippen LogP contribution in [0.5, 0.6) is 0 Å². The number of nitrogens with zero attached hydrogens (tertiary/aromatic N) is 1. The summed E-state index contributed by atoms with van der Waals surface area (Å²) in [5.41, 5.74) is 5.81. The number of rotatable bonds is 11. The summed E-state index contributed by atoms with van der Waals surface area (Å²) in [5.74, 6) is -1.85. The van der Waals surface area contributed by atoms with Crippen LogP contribution in [0, 0.1) is 11.7 Å². The highest BCUT2D eigenvalue weighted by atomic mass is 19.1. The van der Waals surface area contributed by atoms with E-state index < -0.39 is 28.5 Å². The first-order chi connectivity index (χ1) is 18.1. The van der Waals surface area contributed by atoms with Gasteiger partial charge >= 0.3 is 5.97 Å². The second kappa shape index (κ2) is 12.4. The molecule has 0 amide bonds. The Labute approximate surface area is 220 Å². The zero-order valence-corrected chi connectivity index (χ0v) is 21.8. The number of benzene rings is 1. The highest BCUT2D eigenvalue weighted by Crippen LogP contribution is 2.32. The Hall–Kier alpha value is -4.14. The second-order valence-corrected chi connectivity index (χ2v) is 9.26. The van der Waals surface area contributed by atoms with Gasteiger partial charge in [0.2, 0.25) is 5.43 Å². The topological polar surface area (TPSA) is 107 Å². The molecule has 1 unspecified atom stereocenters. The van der Waals surface area contributed by atoms with E-state index in [0.717, 1.165) is 5.57 Å². The van der Waals surface area contributed by atoms with Crippen molar-refractivity contribution < 1.29 is 23.4 Å². The number of allylic oxidation sites excluding steroid dienone is 8. The van der Waals surface area contributed by atoms with E-state index in [4.69, 9.17) is 10.5 Å². The molecule has 1 aromatic heterocycles. The molecule has 9 heteroatoms. The molecule has 1 atom stereocenters. The molecule has 38 heavy (non-hydrogen) atoms. The van der Waals surface area contributed by atoms with Gasteiger partial charge in [0.25, 0.3) is 0 Å². The van der Waals surface area contributed by atoms with Crippen LogP contribution in [0.15, 0.2) is 77.3 Å². The SMILES string of the molecule is C=CC(=CC=CC(CCNc1cc2c(c(N)c1F)c(=O)c(C(=O)O)cn2C(C)C)C1=CC=C(F)CC1)OC. The first kappa shape index (κ1) is 28.4. The first-order valence-electron chi connectivity index (χ1n) is 12.3. The fourth-order valence-electron chi connectivity index (χ4n) is 4.43. The van der Waals surface area contributed by atoms with Crippen molar-refractivity contribution in [3.8, 4) is 0 Å². The number of fused-ring (bicyclic) bond motifs is 1. The van der Waals surface area contributed by atoms with Crippen LogP contribution in [0.25, 0.3) is 10.9 Å². The fraction of sp³-hybridized carbons (Fsp3) is 0.310. The molecule has 2 aromatic rings. The van der Waals surface area contributed by atoms with Gasteiger partial charge in [-0.2, -0.15) is 0 Å². The van der Waals surface area contributed by atoms with E-state index in [1.165, 1.54) is 18.3 Å². The summed E-state index contributed by atoms with van der Waals surface area (Å²) in [6.45, 7) is 7.69. The number of nitrogen functional groups attached to an aromatic ring is 1. The molecule has 0 spiro atoms. The average molecular weight is 526 g/mol. The molecule has 0 saturated heterocycles. The zero-order chi connectivity index (χ0) is 28.0. The van der Waals surface area contributed by atoms with Crippen molar-refractivity contribution in [2.75, 3.05) is 24.7 Å². The van der Waals surface area contributed by atoms with Crippen LogP contribution in [-0.2, 0) is 4.74 Å².